The Balaban J connectivity index is 2.72. The third-order valence-electron chi connectivity index (χ3n) is 3.42. The number of benzene rings is 2. The van der Waals surface area contributed by atoms with Crippen LogP contribution < -0.4 is 0 Å². The van der Waals surface area contributed by atoms with E-state index in [9.17, 15) is 0 Å². The van der Waals surface area contributed by atoms with Crippen molar-refractivity contribution in [3.63, 3.8) is 0 Å². The first-order valence-corrected chi connectivity index (χ1v) is 12.7. The van der Waals surface area contributed by atoms with Crippen LogP contribution >= 0.6 is 127 Å². The molecule has 0 saturated carbocycles. The second kappa shape index (κ2) is 8.98. The first-order valence-electron chi connectivity index (χ1n) is 6.36. The van der Waals surface area contributed by atoms with E-state index in [0.717, 1.165) is 42.2 Å². The molecule has 0 aliphatic carbocycles. The fourth-order valence-corrected chi connectivity index (χ4v) is 6.94. The van der Waals surface area contributed by atoms with Crippen molar-refractivity contribution >= 4 is 127 Å². The fourth-order valence-electron chi connectivity index (χ4n) is 2.30. The maximum absolute atomic E-state index is 3.73. The summed E-state index contributed by atoms with van der Waals surface area (Å²) in [5.74, 6) is 0.236. The maximum atomic E-state index is 3.73. The molecule has 0 aliphatic rings. The fraction of sp³-hybridized carbons (Fsp3) is 0.200. The van der Waals surface area contributed by atoms with Gasteiger partial charge in [-0.05, 0) is 157 Å². The minimum absolute atomic E-state index is 0.236. The summed E-state index contributed by atoms with van der Waals surface area (Å²) in [6, 6.07) is 4.31. The SMILES string of the molecule is CCC(c1cc(Br)c(Br)c(Br)c1Br)c1cc(Br)c(Br)c(Br)c1Br. The molecule has 23 heavy (non-hydrogen) atoms. The van der Waals surface area contributed by atoms with Crippen molar-refractivity contribution in [1.29, 1.82) is 0 Å². The second-order valence-corrected chi connectivity index (χ2v) is 11.2. The molecule has 2 rings (SSSR count). The van der Waals surface area contributed by atoms with Gasteiger partial charge in [-0.25, -0.2) is 0 Å². The monoisotopic (exact) mass is 819 g/mol. The van der Waals surface area contributed by atoms with Crippen molar-refractivity contribution < 1.29 is 0 Å². The van der Waals surface area contributed by atoms with E-state index in [1.807, 2.05) is 0 Å². The van der Waals surface area contributed by atoms with E-state index in [1.165, 1.54) is 11.1 Å². The zero-order valence-corrected chi connectivity index (χ0v) is 24.2. The average molecular weight is 827 g/mol. The summed E-state index contributed by atoms with van der Waals surface area (Å²) in [5.41, 5.74) is 2.44. The topological polar surface area (TPSA) is 0 Å². The molecule has 0 aromatic heterocycles. The molecule has 8 heteroatoms. The van der Waals surface area contributed by atoms with Gasteiger partial charge in [0.2, 0.25) is 0 Å². The third kappa shape index (κ3) is 4.41. The van der Waals surface area contributed by atoms with Gasteiger partial charge in [-0.3, -0.25) is 0 Å². The minimum Gasteiger partial charge on any atom is -0.0645 e. The Hall–Kier alpha value is 2.28. The highest BCUT2D eigenvalue weighted by Crippen LogP contribution is 2.48. The minimum atomic E-state index is 0.236. The molecular weight excluding hydrogens is 819 g/mol. The first kappa shape index (κ1) is 21.6. The lowest BCUT2D eigenvalue weighted by molar-refractivity contribution is 0.766. The Kier molecular flexibility index (Phi) is 8.42. The van der Waals surface area contributed by atoms with Crippen LogP contribution in [0.5, 0.6) is 0 Å². The van der Waals surface area contributed by atoms with Gasteiger partial charge in [0.25, 0.3) is 0 Å². The summed E-state index contributed by atoms with van der Waals surface area (Å²) in [7, 11) is 0. The summed E-state index contributed by atoms with van der Waals surface area (Å²) in [5, 5.41) is 0. The van der Waals surface area contributed by atoms with E-state index in [2.05, 4.69) is 146 Å². The summed E-state index contributed by atoms with van der Waals surface area (Å²) in [4.78, 5) is 0. The molecular formula is C15H8Br8. The summed E-state index contributed by atoms with van der Waals surface area (Å²) >= 11 is 29.2. The van der Waals surface area contributed by atoms with Crippen molar-refractivity contribution in [2.75, 3.05) is 0 Å². The van der Waals surface area contributed by atoms with Crippen molar-refractivity contribution in [2.24, 2.45) is 0 Å². The number of halogens is 8. The smallest absolute Gasteiger partial charge is 0.0474 e. The molecule has 0 nitrogen and oxygen atoms in total. The molecule has 0 amide bonds. The molecule has 2 aromatic carbocycles. The summed E-state index contributed by atoms with van der Waals surface area (Å²) < 4.78 is 8.17. The largest absolute Gasteiger partial charge is 0.0645 e. The van der Waals surface area contributed by atoms with Gasteiger partial charge in [0.05, 0.1) is 0 Å². The van der Waals surface area contributed by atoms with E-state index >= 15 is 0 Å². The van der Waals surface area contributed by atoms with Crippen molar-refractivity contribution in [3.8, 4) is 0 Å². The molecule has 0 unspecified atom stereocenters. The highest BCUT2D eigenvalue weighted by molar-refractivity contribution is 9.15. The summed E-state index contributed by atoms with van der Waals surface area (Å²) in [6.45, 7) is 2.19. The van der Waals surface area contributed by atoms with Gasteiger partial charge in [0.15, 0.2) is 0 Å². The Bertz CT molecular complexity index is 706. The van der Waals surface area contributed by atoms with Crippen LogP contribution in [0.1, 0.15) is 30.4 Å². The Morgan fingerprint density at radius 1 is 0.609 bits per heavy atom. The lowest BCUT2D eigenvalue weighted by atomic mass is 9.89. The van der Waals surface area contributed by atoms with Crippen LogP contribution in [0.15, 0.2) is 47.9 Å². The molecule has 0 bridgehead atoms. The second-order valence-electron chi connectivity index (χ2n) is 4.74. The van der Waals surface area contributed by atoms with Gasteiger partial charge >= 0.3 is 0 Å². The highest BCUT2D eigenvalue weighted by Gasteiger charge is 2.24. The lowest BCUT2D eigenvalue weighted by Gasteiger charge is -2.22. The highest BCUT2D eigenvalue weighted by atomic mass is 79.9. The molecule has 0 radical (unpaired) electrons. The van der Waals surface area contributed by atoms with E-state index < -0.39 is 0 Å². The predicted octanol–water partition coefficient (Wildman–Crippen LogP) is 10.3. The van der Waals surface area contributed by atoms with Crippen LogP contribution in [0.4, 0.5) is 0 Å². The van der Waals surface area contributed by atoms with Crippen LogP contribution in [-0.4, -0.2) is 0 Å². The average Bonchev–Trinajstić information content (AvgIpc) is 2.53. The van der Waals surface area contributed by atoms with Crippen LogP contribution in [0, 0.1) is 0 Å². The van der Waals surface area contributed by atoms with Crippen molar-refractivity contribution in [3.05, 3.63) is 59.0 Å². The van der Waals surface area contributed by atoms with Crippen LogP contribution in [0.2, 0.25) is 0 Å². The first-order chi connectivity index (χ1) is 10.7. The molecule has 0 aliphatic heterocycles. The van der Waals surface area contributed by atoms with E-state index in [1.54, 1.807) is 0 Å². The molecule has 0 saturated heterocycles. The molecule has 0 fully saturated rings. The third-order valence-corrected chi connectivity index (χ3v) is 12.8. The van der Waals surface area contributed by atoms with E-state index in [-0.39, 0.29) is 5.92 Å². The van der Waals surface area contributed by atoms with Gasteiger partial charge in [0, 0.05) is 41.7 Å². The lowest BCUT2D eigenvalue weighted by Crippen LogP contribution is -2.04. The van der Waals surface area contributed by atoms with Crippen molar-refractivity contribution in [1.82, 2.24) is 0 Å². The summed E-state index contributed by atoms with van der Waals surface area (Å²) in [6.07, 6.45) is 0.970. The number of hydrogen-bond acceptors (Lipinski definition) is 0. The molecule has 124 valence electrons. The molecule has 2 aromatic rings. The van der Waals surface area contributed by atoms with Crippen LogP contribution in [0.25, 0.3) is 0 Å². The molecule has 0 N–H and O–H groups in total. The standard InChI is InChI=1S/C15H8Br8/c1-2-5(6-3-8(16)12(20)14(22)10(6)18)7-4-9(17)13(21)15(23)11(7)19/h3-5H,2H2,1H3. The van der Waals surface area contributed by atoms with Gasteiger partial charge in [0.1, 0.15) is 0 Å². The van der Waals surface area contributed by atoms with E-state index in [4.69, 9.17) is 0 Å². The van der Waals surface area contributed by atoms with Gasteiger partial charge in [-0.1, -0.05) is 6.92 Å². The van der Waals surface area contributed by atoms with Crippen LogP contribution in [-0.2, 0) is 0 Å². The zero-order valence-electron chi connectivity index (χ0n) is 11.5. The number of rotatable bonds is 3. The van der Waals surface area contributed by atoms with Gasteiger partial charge < -0.3 is 0 Å². The normalized spacial score (nSPS) is 11.4. The van der Waals surface area contributed by atoms with Gasteiger partial charge in [-0.15, -0.1) is 0 Å². The predicted molar refractivity (Wildman–Crippen MR) is 127 cm³/mol. The number of hydrogen-bond donors (Lipinski definition) is 0. The van der Waals surface area contributed by atoms with Crippen molar-refractivity contribution in [2.45, 2.75) is 19.3 Å². The Labute approximate surface area is 203 Å². The molecule has 0 spiro atoms. The Morgan fingerprint density at radius 3 is 1.26 bits per heavy atom. The van der Waals surface area contributed by atoms with E-state index in [0.29, 0.717) is 0 Å². The molecule has 0 heterocycles. The Morgan fingerprint density at radius 2 is 0.957 bits per heavy atom. The molecule has 0 atom stereocenters. The zero-order chi connectivity index (χ0) is 17.5. The maximum Gasteiger partial charge on any atom is 0.0474 e. The van der Waals surface area contributed by atoms with Crippen LogP contribution in [0.3, 0.4) is 0 Å². The van der Waals surface area contributed by atoms with Gasteiger partial charge in [-0.2, -0.15) is 0 Å². The quantitative estimate of drug-likeness (QED) is 0.214.